The van der Waals surface area contributed by atoms with Crippen LogP contribution in [0.1, 0.15) is 0 Å². The van der Waals surface area contributed by atoms with E-state index in [0.717, 1.165) is 0 Å². The van der Waals surface area contributed by atoms with Crippen LogP contribution in [0.5, 0.6) is 0 Å². The van der Waals surface area contributed by atoms with Gasteiger partial charge in [0.15, 0.2) is 17.4 Å². The van der Waals surface area contributed by atoms with Crippen LogP contribution in [0.25, 0.3) is 0 Å². The van der Waals surface area contributed by atoms with Crippen molar-refractivity contribution in [2.24, 2.45) is 0 Å². The van der Waals surface area contributed by atoms with Gasteiger partial charge in [-0.05, 0) is 0 Å². The van der Waals surface area contributed by atoms with Crippen molar-refractivity contribution in [1.29, 1.82) is 0 Å². The van der Waals surface area contributed by atoms with Crippen molar-refractivity contribution < 1.29 is 15.0 Å². The topological polar surface area (TPSA) is 57.5 Å². The van der Waals surface area contributed by atoms with E-state index in [9.17, 15) is 0 Å². The quantitative estimate of drug-likeness (QED) is 0.377. The molecule has 38 valence electrons. The molecule has 0 fully saturated rings. The van der Waals surface area contributed by atoms with Gasteiger partial charge in [-0.2, -0.15) is 0 Å². The SMILES string of the molecule is O=C(O)O.[AlH3].[CaH2].[MgH2]. The molecule has 7 heavy (non-hydrogen) atoms. The van der Waals surface area contributed by atoms with Crippen LogP contribution in [0, 0.1) is 0 Å². The number of hydrogen-bond donors (Lipinski definition) is 2. The van der Waals surface area contributed by atoms with E-state index in [0.29, 0.717) is 0 Å². The summed E-state index contributed by atoms with van der Waals surface area (Å²) in [5.74, 6) is 0. The first-order valence-electron chi connectivity index (χ1n) is 0.651. The molecule has 0 aromatic rings. The summed E-state index contributed by atoms with van der Waals surface area (Å²) >= 11 is 0. The Bertz CT molecular complexity index is 37.9. The molecule has 0 aromatic heterocycles. The Morgan fingerprint density at radius 2 is 1.29 bits per heavy atom. The van der Waals surface area contributed by atoms with Crippen molar-refractivity contribution in [3.63, 3.8) is 0 Å². The Labute approximate surface area is 97.7 Å². The third kappa shape index (κ3) is 79.5. The maximum atomic E-state index is 8.56. The Kier molecular flexibility index (Phi) is 51.9. The van der Waals surface area contributed by atoms with Crippen molar-refractivity contribution >= 4 is 84.3 Å². The van der Waals surface area contributed by atoms with Crippen molar-refractivity contribution in [3.8, 4) is 0 Å². The summed E-state index contributed by atoms with van der Waals surface area (Å²) in [7, 11) is 0. The fraction of sp³-hybridized carbons (Fsp3) is 0. The van der Waals surface area contributed by atoms with E-state index >= 15 is 0 Å². The molecule has 0 saturated carbocycles. The molecule has 0 radical (unpaired) electrons. The molecule has 0 aliphatic heterocycles. The number of hydrogen-bond acceptors (Lipinski definition) is 1. The summed E-state index contributed by atoms with van der Waals surface area (Å²) < 4.78 is 0. The minimum absolute atomic E-state index is 0. The number of carbonyl (C=O) groups is 1. The predicted octanol–water partition coefficient (Wildman–Crippen LogP) is -2.79. The van der Waals surface area contributed by atoms with E-state index in [1.165, 1.54) is 0 Å². The normalized spacial score (nSPS) is 3.43. The zero-order valence-corrected chi connectivity index (χ0v) is 1.80. The van der Waals surface area contributed by atoms with Gasteiger partial charge in [0.1, 0.15) is 0 Å². The molecule has 3 nitrogen and oxygen atoms in total. The van der Waals surface area contributed by atoms with Crippen molar-refractivity contribution in [2.75, 3.05) is 0 Å². The summed E-state index contributed by atoms with van der Waals surface area (Å²) in [6, 6.07) is 0. The third-order valence-electron chi connectivity index (χ3n) is 0. The maximum Gasteiger partial charge on any atom is 0.316 e. The van der Waals surface area contributed by atoms with Crippen molar-refractivity contribution in [2.45, 2.75) is 0 Å². The van der Waals surface area contributed by atoms with Crippen LogP contribution < -0.4 is 0 Å². The van der Waals surface area contributed by atoms with Crippen LogP contribution in [0.3, 0.4) is 0 Å². The third-order valence-corrected chi connectivity index (χ3v) is 0. The van der Waals surface area contributed by atoms with E-state index < -0.39 is 6.16 Å². The van der Waals surface area contributed by atoms with Gasteiger partial charge in [0.05, 0.1) is 0 Å². The molecule has 0 atom stereocenters. The summed E-state index contributed by atoms with van der Waals surface area (Å²) in [6.07, 6.45) is -1.83. The van der Waals surface area contributed by atoms with Gasteiger partial charge in [0.2, 0.25) is 0 Å². The molecule has 0 heterocycles. The first-order chi connectivity index (χ1) is 1.73. The molecule has 2 N–H and O–H groups in total. The molecule has 0 aliphatic carbocycles. The number of carboxylic acid groups (broad SMARTS) is 2. The van der Waals surface area contributed by atoms with Crippen LogP contribution in [0.15, 0.2) is 0 Å². The van der Waals surface area contributed by atoms with E-state index in [1.54, 1.807) is 0 Å². The molecule has 0 bridgehead atoms. The van der Waals surface area contributed by atoms with Crippen LogP contribution in [0.4, 0.5) is 4.79 Å². The standard InChI is InChI=1S/CH2O3.Al.Ca.Mg.7H/c2-1(3)4;;;;;;;;;;/h(H2,2,3,4);;;;;;;;;;. The molecule has 0 unspecified atom stereocenters. The molecule has 0 spiro atoms. The van der Waals surface area contributed by atoms with Crippen LogP contribution in [0.2, 0.25) is 0 Å². The maximum absolute atomic E-state index is 8.56. The smallest absolute Gasteiger partial charge is 0.316 e. The van der Waals surface area contributed by atoms with Gasteiger partial charge in [-0.1, -0.05) is 0 Å². The second-order valence-corrected chi connectivity index (χ2v) is 0.283. The molecule has 0 aliphatic rings. The molecular weight excluding hydrogens is 151 g/mol. The molecule has 0 aromatic carbocycles. The Morgan fingerprint density at radius 1 is 1.29 bits per heavy atom. The second kappa shape index (κ2) is 15.7. The zero-order chi connectivity index (χ0) is 3.58. The Morgan fingerprint density at radius 3 is 1.29 bits per heavy atom. The second-order valence-electron chi connectivity index (χ2n) is 0.283. The van der Waals surface area contributed by atoms with Gasteiger partial charge < -0.3 is 10.2 Å². The summed E-state index contributed by atoms with van der Waals surface area (Å²) in [5, 5.41) is 13.9. The Hall–Kier alpha value is 1.83. The largest absolute Gasteiger partial charge is 0.316 e. The van der Waals surface area contributed by atoms with E-state index in [1.807, 2.05) is 0 Å². The van der Waals surface area contributed by atoms with Crippen molar-refractivity contribution in [1.82, 2.24) is 0 Å². The van der Waals surface area contributed by atoms with Crippen LogP contribution >= 0.6 is 0 Å². The summed E-state index contributed by atoms with van der Waals surface area (Å²) in [6.45, 7) is 0. The van der Waals surface area contributed by atoms with Crippen LogP contribution in [-0.4, -0.2) is 94.5 Å². The molecular formula is CH9AlCaMgO3. The average molecular weight is 160 g/mol. The predicted molar refractivity (Wildman–Crippen MR) is 37.7 cm³/mol. The first-order valence-corrected chi connectivity index (χ1v) is 0.651. The summed E-state index contributed by atoms with van der Waals surface area (Å²) in [5.41, 5.74) is 0. The molecule has 6 heteroatoms. The van der Waals surface area contributed by atoms with E-state index in [4.69, 9.17) is 15.0 Å². The zero-order valence-electron chi connectivity index (χ0n) is 1.80. The van der Waals surface area contributed by atoms with E-state index in [2.05, 4.69) is 0 Å². The van der Waals surface area contributed by atoms with Gasteiger partial charge in [-0.25, -0.2) is 4.79 Å². The van der Waals surface area contributed by atoms with Gasteiger partial charge in [-0.15, -0.1) is 0 Å². The minimum Gasteiger partial charge on any atom is 0.316 e. The molecule has 0 amide bonds. The Balaban J connectivity index is -0.0000000150. The summed E-state index contributed by atoms with van der Waals surface area (Å²) in [4.78, 5) is 8.56. The fourth-order valence-electron chi connectivity index (χ4n) is 0. The monoisotopic (exact) mass is 160 g/mol. The van der Waals surface area contributed by atoms with Crippen molar-refractivity contribution in [3.05, 3.63) is 0 Å². The van der Waals surface area contributed by atoms with Gasteiger partial charge in [0.25, 0.3) is 0 Å². The molecule has 0 saturated heterocycles. The average Bonchev–Trinajstić information content (AvgIpc) is 0.811. The van der Waals surface area contributed by atoms with E-state index in [-0.39, 0.29) is 78.2 Å². The van der Waals surface area contributed by atoms with Crippen LogP contribution in [-0.2, 0) is 0 Å². The fourth-order valence-corrected chi connectivity index (χ4v) is 0. The minimum atomic E-state index is -1.83. The number of rotatable bonds is 0. The molecule has 0 rings (SSSR count). The van der Waals surface area contributed by atoms with Gasteiger partial charge in [-0.3, -0.25) is 0 Å². The van der Waals surface area contributed by atoms with Gasteiger partial charge in [0, 0.05) is 0 Å². The first kappa shape index (κ1) is 23.2. The van der Waals surface area contributed by atoms with Gasteiger partial charge >= 0.3 is 66.9 Å².